The van der Waals surface area contributed by atoms with Crippen LogP contribution >= 0.6 is 0 Å². The Hall–Kier alpha value is -0.770. The number of hydrogen-bond acceptors (Lipinski definition) is 2. The van der Waals surface area contributed by atoms with E-state index in [1.165, 1.54) is 25.8 Å². The van der Waals surface area contributed by atoms with Gasteiger partial charge in [0, 0.05) is 25.2 Å². The molecule has 0 aliphatic carbocycles. The molecule has 2 heterocycles. The van der Waals surface area contributed by atoms with Gasteiger partial charge in [-0.2, -0.15) is 0 Å². The molecule has 0 unspecified atom stereocenters. The van der Waals surface area contributed by atoms with Crippen LogP contribution in [-0.4, -0.2) is 54.0 Å². The number of likely N-dealkylation sites (tertiary alicyclic amines) is 2. The highest BCUT2D eigenvalue weighted by Crippen LogP contribution is 2.27. The SMILES string of the molecule is CC1(C)CCCN1CCN=C(N)N1CCC1. The molecular weight excluding hydrogens is 200 g/mol. The molecule has 0 atom stereocenters. The van der Waals surface area contributed by atoms with Crippen molar-refractivity contribution < 1.29 is 0 Å². The number of nitrogens with zero attached hydrogens (tertiary/aromatic N) is 3. The molecule has 0 bridgehead atoms. The molecule has 4 nitrogen and oxygen atoms in total. The Kier molecular flexibility index (Phi) is 3.38. The fourth-order valence-electron chi connectivity index (χ4n) is 2.51. The standard InChI is InChI=1S/C12H24N4/c1-12(2)5-3-9-16(12)10-6-14-11(13)15-7-4-8-15/h3-10H2,1-2H3,(H2,13,14). The molecule has 0 aromatic carbocycles. The van der Waals surface area contributed by atoms with Gasteiger partial charge in [-0.05, 0) is 39.7 Å². The van der Waals surface area contributed by atoms with E-state index in [0.717, 1.165) is 32.1 Å². The Labute approximate surface area is 98.5 Å². The monoisotopic (exact) mass is 224 g/mol. The largest absolute Gasteiger partial charge is 0.370 e. The van der Waals surface area contributed by atoms with Crippen LogP contribution in [0.25, 0.3) is 0 Å². The number of guanidine groups is 1. The molecule has 2 aliphatic heterocycles. The van der Waals surface area contributed by atoms with Gasteiger partial charge in [0.25, 0.3) is 0 Å². The van der Waals surface area contributed by atoms with Crippen molar-refractivity contribution in [3.8, 4) is 0 Å². The smallest absolute Gasteiger partial charge is 0.191 e. The minimum Gasteiger partial charge on any atom is -0.370 e. The van der Waals surface area contributed by atoms with E-state index >= 15 is 0 Å². The van der Waals surface area contributed by atoms with Crippen LogP contribution in [0.1, 0.15) is 33.1 Å². The summed E-state index contributed by atoms with van der Waals surface area (Å²) >= 11 is 0. The van der Waals surface area contributed by atoms with Gasteiger partial charge >= 0.3 is 0 Å². The van der Waals surface area contributed by atoms with E-state index in [2.05, 4.69) is 28.6 Å². The van der Waals surface area contributed by atoms with Gasteiger partial charge in [-0.1, -0.05) is 0 Å². The first-order valence-electron chi connectivity index (χ1n) is 6.39. The predicted molar refractivity (Wildman–Crippen MR) is 67.6 cm³/mol. The van der Waals surface area contributed by atoms with E-state index in [9.17, 15) is 0 Å². The number of nitrogens with two attached hydrogens (primary N) is 1. The summed E-state index contributed by atoms with van der Waals surface area (Å²) in [5.74, 6) is 0.739. The summed E-state index contributed by atoms with van der Waals surface area (Å²) in [6.07, 6.45) is 3.88. The first kappa shape index (κ1) is 11.7. The zero-order chi connectivity index (χ0) is 11.6. The first-order chi connectivity index (χ1) is 7.59. The summed E-state index contributed by atoms with van der Waals surface area (Å²) in [6.45, 7) is 9.92. The Morgan fingerprint density at radius 2 is 2.00 bits per heavy atom. The molecule has 0 saturated carbocycles. The van der Waals surface area contributed by atoms with E-state index < -0.39 is 0 Å². The van der Waals surface area contributed by atoms with Crippen molar-refractivity contribution in [1.82, 2.24) is 9.80 Å². The Bertz CT molecular complexity index is 268. The van der Waals surface area contributed by atoms with Crippen LogP contribution in [-0.2, 0) is 0 Å². The van der Waals surface area contributed by atoms with E-state index in [1.807, 2.05) is 0 Å². The fraction of sp³-hybridized carbons (Fsp3) is 0.917. The summed E-state index contributed by atoms with van der Waals surface area (Å²) in [5.41, 5.74) is 6.25. The highest BCUT2D eigenvalue weighted by molar-refractivity contribution is 5.78. The molecule has 0 aromatic rings. The van der Waals surface area contributed by atoms with E-state index in [4.69, 9.17) is 5.73 Å². The average Bonchev–Trinajstić information content (AvgIpc) is 2.43. The molecular formula is C12H24N4. The molecule has 2 fully saturated rings. The highest BCUT2D eigenvalue weighted by Gasteiger charge is 2.31. The van der Waals surface area contributed by atoms with Gasteiger partial charge < -0.3 is 10.6 Å². The van der Waals surface area contributed by atoms with Crippen molar-refractivity contribution in [1.29, 1.82) is 0 Å². The second-order valence-corrected chi connectivity index (χ2v) is 5.48. The van der Waals surface area contributed by atoms with Crippen molar-refractivity contribution in [3.05, 3.63) is 0 Å². The Balaban J connectivity index is 1.74. The van der Waals surface area contributed by atoms with Crippen LogP contribution < -0.4 is 5.73 Å². The lowest BCUT2D eigenvalue weighted by molar-refractivity contribution is 0.180. The molecule has 2 N–H and O–H groups in total. The molecule has 2 saturated heterocycles. The molecule has 0 spiro atoms. The lowest BCUT2D eigenvalue weighted by atomic mass is 10.0. The van der Waals surface area contributed by atoms with Crippen LogP contribution in [0.4, 0.5) is 0 Å². The van der Waals surface area contributed by atoms with E-state index in [-0.39, 0.29) is 0 Å². The van der Waals surface area contributed by atoms with E-state index in [1.54, 1.807) is 0 Å². The summed E-state index contributed by atoms with van der Waals surface area (Å²) in [4.78, 5) is 9.13. The predicted octanol–water partition coefficient (Wildman–Crippen LogP) is 0.881. The zero-order valence-electron chi connectivity index (χ0n) is 10.6. The second kappa shape index (κ2) is 4.62. The third kappa shape index (κ3) is 2.48. The number of hydrogen-bond donors (Lipinski definition) is 1. The number of aliphatic imine (C=N–C) groups is 1. The molecule has 2 rings (SSSR count). The van der Waals surface area contributed by atoms with Gasteiger partial charge in [-0.25, -0.2) is 0 Å². The maximum Gasteiger partial charge on any atom is 0.191 e. The molecule has 0 radical (unpaired) electrons. The summed E-state index contributed by atoms with van der Waals surface area (Å²) in [5, 5.41) is 0. The van der Waals surface area contributed by atoms with Gasteiger partial charge in [0.1, 0.15) is 0 Å². The topological polar surface area (TPSA) is 44.9 Å². The van der Waals surface area contributed by atoms with Crippen LogP contribution in [0, 0.1) is 0 Å². The van der Waals surface area contributed by atoms with Crippen LogP contribution in [0.5, 0.6) is 0 Å². The minimum atomic E-state index is 0.362. The number of rotatable bonds is 3. The van der Waals surface area contributed by atoms with Crippen molar-refractivity contribution in [3.63, 3.8) is 0 Å². The normalized spacial score (nSPS) is 25.9. The van der Waals surface area contributed by atoms with Gasteiger partial charge in [-0.15, -0.1) is 0 Å². The van der Waals surface area contributed by atoms with Crippen LogP contribution in [0.15, 0.2) is 4.99 Å². The molecule has 0 amide bonds. The third-order valence-electron chi connectivity index (χ3n) is 3.90. The van der Waals surface area contributed by atoms with Gasteiger partial charge in [0.15, 0.2) is 5.96 Å². The second-order valence-electron chi connectivity index (χ2n) is 5.48. The average molecular weight is 224 g/mol. The Morgan fingerprint density at radius 3 is 2.50 bits per heavy atom. The van der Waals surface area contributed by atoms with Crippen LogP contribution in [0.3, 0.4) is 0 Å². The maximum atomic E-state index is 5.89. The highest BCUT2D eigenvalue weighted by atomic mass is 15.3. The third-order valence-corrected chi connectivity index (χ3v) is 3.90. The van der Waals surface area contributed by atoms with Crippen molar-refractivity contribution in [2.45, 2.75) is 38.6 Å². The van der Waals surface area contributed by atoms with E-state index in [0.29, 0.717) is 5.54 Å². The molecule has 92 valence electrons. The van der Waals surface area contributed by atoms with Gasteiger partial charge in [0.2, 0.25) is 0 Å². The molecule has 0 aromatic heterocycles. The fourth-order valence-corrected chi connectivity index (χ4v) is 2.51. The van der Waals surface area contributed by atoms with Gasteiger partial charge in [0.05, 0.1) is 6.54 Å². The molecule has 2 aliphatic rings. The van der Waals surface area contributed by atoms with Crippen LogP contribution in [0.2, 0.25) is 0 Å². The quantitative estimate of drug-likeness (QED) is 0.572. The Morgan fingerprint density at radius 1 is 1.25 bits per heavy atom. The summed E-state index contributed by atoms with van der Waals surface area (Å²) in [6, 6.07) is 0. The zero-order valence-corrected chi connectivity index (χ0v) is 10.6. The van der Waals surface area contributed by atoms with Crippen molar-refractivity contribution in [2.75, 3.05) is 32.7 Å². The van der Waals surface area contributed by atoms with Crippen molar-refractivity contribution in [2.24, 2.45) is 10.7 Å². The summed E-state index contributed by atoms with van der Waals surface area (Å²) < 4.78 is 0. The first-order valence-corrected chi connectivity index (χ1v) is 6.39. The molecule has 4 heteroatoms. The minimum absolute atomic E-state index is 0.362. The lowest BCUT2D eigenvalue weighted by Crippen LogP contribution is -2.47. The van der Waals surface area contributed by atoms with Crippen molar-refractivity contribution >= 4 is 5.96 Å². The van der Waals surface area contributed by atoms with Gasteiger partial charge in [-0.3, -0.25) is 9.89 Å². The molecule has 16 heavy (non-hydrogen) atoms. The maximum absolute atomic E-state index is 5.89. The lowest BCUT2D eigenvalue weighted by Gasteiger charge is -2.33. The summed E-state index contributed by atoms with van der Waals surface area (Å²) in [7, 11) is 0.